The molecule has 2 N–H and O–H groups in total. The van der Waals surface area contributed by atoms with Crippen LogP contribution < -0.4 is 10.6 Å². The molecular formula is C22H42N2OS2. The van der Waals surface area contributed by atoms with Gasteiger partial charge in [0.1, 0.15) is 0 Å². The second kappa shape index (κ2) is 10.1. The highest BCUT2D eigenvalue weighted by Crippen LogP contribution is 2.36. The van der Waals surface area contributed by atoms with E-state index in [4.69, 9.17) is 30.0 Å². The van der Waals surface area contributed by atoms with Crippen molar-refractivity contribution in [1.29, 1.82) is 0 Å². The molecule has 0 aliphatic heterocycles. The van der Waals surface area contributed by atoms with Crippen molar-refractivity contribution in [2.45, 2.75) is 111 Å². The van der Waals surface area contributed by atoms with Gasteiger partial charge in [-0.15, -0.1) is 0 Å². The number of hydrogen-bond donors (Lipinski definition) is 4. The fourth-order valence-electron chi connectivity index (χ4n) is 5.46. The zero-order valence-electron chi connectivity index (χ0n) is 17.4. The first kappa shape index (κ1) is 22.3. The summed E-state index contributed by atoms with van der Waals surface area (Å²) in [7, 11) is 1.86. The van der Waals surface area contributed by atoms with Gasteiger partial charge in [0, 0.05) is 41.8 Å². The summed E-state index contributed by atoms with van der Waals surface area (Å²) in [4.78, 5) is 0. The molecule has 3 nitrogen and oxygen atoms in total. The lowest BCUT2D eigenvalue weighted by molar-refractivity contribution is 0.0400. The quantitative estimate of drug-likeness (QED) is 0.432. The molecule has 0 atom stereocenters. The number of hydrogen-bond acceptors (Lipinski definition) is 5. The zero-order valence-corrected chi connectivity index (χ0v) is 19.2. The van der Waals surface area contributed by atoms with Crippen LogP contribution in [0.1, 0.15) is 89.9 Å². The Morgan fingerprint density at radius 2 is 1.26 bits per heavy atom. The Hall–Kier alpha value is 0.580. The summed E-state index contributed by atoms with van der Waals surface area (Å²) in [5.41, 5.74) is 0.195. The van der Waals surface area contributed by atoms with E-state index in [1.165, 1.54) is 77.0 Å². The van der Waals surface area contributed by atoms with Crippen LogP contribution in [-0.2, 0) is 4.74 Å². The average Bonchev–Trinajstić information content (AvgIpc) is 2.68. The van der Waals surface area contributed by atoms with Gasteiger partial charge in [0.2, 0.25) is 0 Å². The molecule has 3 fully saturated rings. The highest BCUT2D eigenvalue weighted by atomic mass is 32.1. The molecule has 27 heavy (non-hydrogen) atoms. The van der Waals surface area contributed by atoms with Gasteiger partial charge in [-0.25, -0.2) is 0 Å². The van der Waals surface area contributed by atoms with E-state index in [0.29, 0.717) is 6.10 Å². The van der Waals surface area contributed by atoms with E-state index in [2.05, 4.69) is 10.6 Å². The summed E-state index contributed by atoms with van der Waals surface area (Å²) in [6, 6.07) is 0. The molecule has 3 saturated carbocycles. The Kier molecular flexibility index (Phi) is 8.30. The van der Waals surface area contributed by atoms with Crippen LogP contribution in [-0.4, -0.2) is 47.9 Å². The van der Waals surface area contributed by atoms with E-state index in [1.54, 1.807) is 0 Å². The molecule has 0 aromatic heterocycles. The first-order valence-corrected chi connectivity index (χ1v) is 12.3. The lowest BCUT2D eigenvalue weighted by Gasteiger charge is -2.45. The standard InChI is InChI=1S/C22H42N2OS2/c1-25-19-8-14-20(15-9-19,24-18-22(27)12-6-3-7-13-22)16-23-17-21(26)10-4-2-5-11-21/h19,23-24,26-27H,2-18H2,1H3. The molecule has 3 aliphatic rings. The van der Waals surface area contributed by atoms with Gasteiger partial charge in [0.25, 0.3) is 0 Å². The van der Waals surface area contributed by atoms with Crippen LogP contribution in [0.15, 0.2) is 0 Å². The lowest BCUT2D eigenvalue weighted by atomic mass is 9.78. The summed E-state index contributed by atoms with van der Waals surface area (Å²) in [5, 5.41) is 7.86. The summed E-state index contributed by atoms with van der Waals surface area (Å²) in [6.07, 6.45) is 18.3. The molecule has 0 bridgehead atoms. The fourth-order valence-corrected chi connectivity index (χ4v) is 6.28. The molecule has 0 saturated heterocycles. The maximum atomic E-state index is 5.64. The Morgan fingerprint density at radius 3 is 1.78 bits per heavy atom. The van der Waals surface area contributed by atoms with Gasteiger partial charge < -0.3 is 15.4 Å². The van der Waals surface area contributed by atoms with E-state index in [9.17, 15) is 0 Å². The van der Waals surface area contributed by atoms with Gasteiger partial charge in [0.15, 0.2) is 0 Å². The molecule has 0 radical (unpaired) electrons. The number of rotatable bonds is 8. The van der Waals surface area contributed by atoms with Crippen LogP contribution in [0.2, 0.25) is 0 Å². The highest BCUT2D eigenvalue weighted by molar-refractivity contribution is 7.82. The molecule has 0 amide bonds. The van der Waals surface area contributed by atoms with Gasteiger partial charge in [0.05, 0.1) is 6.10 Å². The Balaban J connectivity index is 1.54. The van der Waals surface area contributed by atoms with Gasteiger partial charge >= 0.3 is 0 Å². The van der Waals surface area contributed by atoms with Crippen LogP contribution in [0.25, 0.3) is 0 Å². The van der Waals surface area contributed by atoms with Crippen LogP contribution in [0.3, 0.4) is 0 Å². The van der Waals surface area contributed by atoms with Gasteiger partial charge in [-0.05, 0) is 51.4 Å². The Morgan fingerprint density at radius 1 is 0.741 bits per heavy atom. The lowest BCUT2D eigenvalue weighted by Crippen LogP contribution is -2.59. The first-order chi connectivity index (χ1) is 13.0. The van der Waals surface area contributed by atoms with Crippen LogP contribution in [0.5, 0.6) is 0 Å². The molecule has 158 valence electrons. The predicted molar refractivity (Wildman–Crippen MR) is 122 cm³/mol. The second-order valence-corrected chi connectivity index (χ2v) is 11.6. The maximum absolute atomic E-state index is 5.64. The number of ether oxygens (including phenoxy) is 1. The topological polar surface area (TPSA) is 33.3 Å². The van der Waals surface area contributed by atoms with Gasteiger partial charge in [-0.2, -0.15) is 25.3 Å². The fraction of sp³-hybridized carbons (Fsp3) is 1.00. The Bertz CT molecular complexity index is 440. The molecular weight excluding hydrogens is 372 g/mol. The van der Waals surface area contributed by atoms with Crippen LogP contribution in [0.4, 0.5) is 0 Å². The molecule has 3 aliphatic carbocycles. The predicted octanol–water partition coefficient (Wildman–Crippen LogP) is 4.76. The minimum Gasteiger partial charge on any atom is -0.381 e. The monoisotopic (exact) mass is 414 g/mol. The van der Waals surface area contributed by atoms with Crippen molar-refractivity contribution in [3.05, 3.63) is 0 Å². The van der Waals surface area contributed by atoms with E-state index >= 15 is 0 Å². The van der Waals surface area contributed by atoms with Crippen molar-refractivity contribution in [2.24, 2.45) is 0 Å². The summed E-state index contributed by atoms with van der Waals surface area (Å²) >= 11 is 10.1. The summed E-state index contributed by atoms with van der Waals surface area (Å²) < 4.78 is 6.04. The third-order valence-electron chi connectivity index (χ3n) is 7.50. The van der Waals surface area contributed by atoms with Crippen molar-refractivity contribution in [2.75, 3.05) is 26.7 Å². The number of nitrogens with one attached hydrogen (secondary N) is 2. The smallest absolute Gasteiger partial charge is 0.0572 e. The average molecular weight is 415 g/mol. The molecule has 0 aromatic rings. The highest BCUT2D eigenvalue weighted by Gasteiger charge is 2.38. The first-order valence-electron chi connectivity index (χ1n) is 11.4. The third-order valence-corrected chi connectivity index (χ3v) is 8.71. The van der Waals surface area contributed by atoms with Crippen molar-refractivity contribution in [3.63, 3.8) is 0 Å². The van der Waals surface area contributed by atoms with E-state index in [1.807, 2.05) is 7.11 Å². The molecule has 0 unspecified atom stereocenters. The van der Waals surface area contributed by atoms with E-state index in [0.717, 1.165) is 32.5 Å². The molecule has 3 rings (SSSR count). The van der Waals surface area contributed by atoms with E-state index < -0.39 is 0 Å². The normalized spacial score (nSPS) is 33.7. The maximum Gasteiger partial charge on any atom is 0.0572 e. The van der Waals surface area contributed by atoms with Crippen LogP contribution >= 0.6 is 25.3 Å². The summed E-state index contributed by atoms with van der Waals surface area (Å²) in [6.45, 7) is 3.14. The number of thiol groups is 2. The van der Waals surface area contributed by atoms with Gasteiger partial charge in [-0.1, -0.05) is 38.5 Å². The second-order valence-electron chi connectivity index (χ2n) is 9.74. The van der Waals surface area contributed by atoms with Crippen molar-refractivity contribution >= 4 is 25.3 Å². The molecule has 5 heteroatoms. The molecule has 0 aromatic carbocycles. The summed E-state index contributed by atoms with van der Waals surface area (Å²) in [5.74, 6) is 0. The molecule has 0 heterocycles. The third kappa shape index (κ3) is 6.53. The van der Waals surface area contributed by atoms with Crippen molar-refractivity contribution < 1.29 is 4.74 Å². The minimum atomic E-state index is 0.192. The zero-order chi connectivity index (χ0) is 19.2. The minimum absolute atomic E-state index is 0.192. The largest absolute Gasteiger partial charge is 0.381 e. The SMILES string of the molecule is COC1CCC(CNCC2(S)CCCCC2)(NCC2(S)CCCCC2)CC1. The van der Waals surface area contributed by atoms with E-state index in [-0.39, 0.29) is 15.0 Å². The molecule has 0 spiro atoms. The van der Waals surface area contributed by atoms with Crippen molar-refractivity contribution in [3.8, 4) is 0 Å². The number of methoxy groups -OCH3 is 1. The van der Waals surface area contributed by atoms with Crippen LogP contribution in [0, 0.1) is 0 Å². The van der Waals surface area contributed by atoms with Crippen molar-refractivity contribution in [1.82, 2.24) is 10.6 Å². The Labute approximate surface area is 178 Å². The van der Waals surface area contributed by atoms with Gasteiger partial charge in [-0.3, -0.25) is 0 Å².